The molecule has 0 amide bonds. The van der Waals surface area contributed by atoms with Crippen molar-refractivity contribution < 1.29 is 0 Å². The highest BCUT2D eigenvalue weighted by molar-refractivity contribution is 4.65. The van der Waals surface area contributed by atoms with E-state index in [0.717, 1.165) is 24.9 Å². The van der Waals surface area contributed by atoms with E-state index >= 15 is 0 Å². The van der Waals surface area contributed by atoms with Crippen molar-refractivity contribution in [2.75, 3.05) is 46.8 Å². The van der Waals surface area contributed by atoms with E-state index in [1.54, 1.807) is 0 Å². The fourth-order valence-electron chi connectivity index (χ4n) is 2.54. The molecule has 3 nitrogen and oxygen atoms in total. The third-order valence-corrected chi connectivity index (χ3v) is 3.73. The maximum Gasteiger partial charge on any atom is 0.0109 e. The Morgan fingerprint density at radius 3 is 2.16 bits per heavy atom. The molecular weight excluding hydrogens is 234 g/mol. The van der Waals surface area contributed by atoms with Crippen molar-refractivity contribution in [3.05, 3.63) is 0 Å². The SMILES string of the molecule is CCC(CCN)CCCN(CCN(C)C)CC(C)C. The Kier molecular flexibility index (Phi) is 11.6. The van der Waals surface area contributed by atoms with Crippen molar-refractivity contribution in [3.63, 3.8) is 0 Å². The van der Waals surface area contributed by atoms with Crippen LogP contribution in [0.25, 0.3) is 0 Å². The lowest BCUT2D eigenvalue weighted by atomic mass is 9.96. The standard InChI is InChI=1S/C16H37N3/c1-6-16(9-10-17)8-7-11-19(14-15(2)3)13-12-18(4)5/h15-16H,6-14,17H2,1-5H3. The number of nitrogens with two attached hydrogens (primary N) is 1. The molecule has 0 bridgehead atoms. The maximum absolute atomic E-state index is 5.67. The molecule has 0 aliphatic heterocycles. The highest BCUT2D eigenvalue weighted by Gasteiger charge is 2.10. The van der Waals surface area contributed by atoms with Gasteiger partial charge >= 0.3 is 0 Å². The molecule has 2 N–H and O–H groups in total. The highest BCUT2D eigenvalue weighted by atomic mass is 15.2. The minimum atomic E-state index is 0.758. The Balaban J connectivity index is 3.95. The fraction of sp³-hybridized carbons (Fsp3) is 1.00. The Morgan fingerprint density at radius 2 is 1.68 bits per heavy atom. The first-order valence-corrected chi connectivity index (χ1v) is 8.06. The molecule has 1 atom stereocenters. The van der Waals surface area contributed by atoms with Crippen LogP contribution >= 0.6 is 0 Å². The molecule has 0 aliphatic carbocycles. The number of hydrogen-bond acceptors (Lipinski definition) is 3. The van der Waals surface area contributed by atoms with E-state index in [2.05, 4.69) is 44.7 Å². The summed E-state index contributed by atoms with van der Waals surface area (Å²) in [6.07, 6.45) is 5.13. The largest absolute Gasteiger partial charge is 0.330 e. The second-order valence-corrected chi connectivity index (χ2v) is 6.49. The molecule has 0 aromatic carbocycles. The van der Waals surface area contributed by atoms with E-state index in [1.165, 1.54) is 45.3 Å². The lowest BCUT2D eigenvalue weighted by Crippen LogP contribution is -2.35. The summed E-state index contributed by atoms with van der Waals surface area (Å²) in [4.78, 5) is 4.90. The van der Waals surface area contributed by atoms with Gasteiger partial charge in [0.05, 0.1) is 0 Å². The van der Waals surface area contributed by atoms with Gasteiger partial charge in [0.15, 0.2) is 0 Å². The van der Waals surface area contributed by atoms with E-state index in [1.807, 2.05) is 0 Å². The van der Waals surface area contributed by atoms with Crippen LogP contribution < -0.4 is 5.73 Å². The molecule has 0 saturated carbocycles. The summed E-state index contributed by atoms with van der Waals surface area (Å²) in [5.74, 6) is 1.59. The van der Waals surface area contributed by atoms with Gasteiger partial charge in [0, 0.05) is 19.6 Å². The lowest BCUT2D eigenvalue weighted by Gasteiger charge is -2.26. The van der Waals surface area contributed by atoms with Gasteiger partial charge < -0.3 is 15.5 Å². The van der Waals surface area contributed by atoms with Gasteiger partial charge in [0.1, 0.15) is 0 Å². The van der Waals surface area contributed by atoms with Gasteiger partial charge in [-0.05, 0) is 58.3 Å². The molecule has 0 radical (unpaired) electrons. The number of hydrogen-bond donors (Lipinski definition) is 1. The van der Waals surface area contributed by atoms with Gasteiger partial charge in [-0.1, -0.05) is 27.2 Å². The zero-order valence-electron chi connectivity index (χ0n) is 14.0. The summed E-state index contributed by atoms with van der Waals surface area (Å²) >= 11 is 0. The van der Waals surface area contributed by atoms with Crippen LogP contribution in [0.5, 0.6) is 0 Å². The van der Waals surface area contributed by atoms with E-state index in [9.17, 15) is 0 Å². The summed E-state index contributed by atoms with van der Waals surface area (Å²) in [5.41, 5.74) is 5.67. The lowest BCUT2D eigenvalue weighted by molar-refractivity contribution is 0.210. The molecule has 0 spiro atoms. The Hall–Kier alpha value is -0.120. The minimum Gasteiger partial charge on any atom is -0.330 e. The monoisotopic (exact) mass is 271 g/mol. The summed E-state index contributed by atoms with van der Waals surface area (Å²) in [7, 11) is 4.31. The van der Waals surface area contributed by atoms with Crippen LogP contribution in [0, 0.1) is 11.8 Å². The molecule has 0 aromatic rings. The van der Waals surface area contributed by atoms with Crippen molar-refractivity contribution in [1.82, 2.24) is 9.80 Å². The van der Waals surface area contributed by atoms with Crippen LogP contribution in [0.3, 0.4) is 0 Å². The predicted octanol–water partition coefficient (Wildman–Crippen LogP) is 2.66. The van der Waals surface area contributed by atoms with Gasteiger partial charge in [0.25, 0.3) is 0 Å². The average molecular weight is 271 g/mol. The quantitative estimate of drug-likeness (QED) is 0.592. The second-order valence-electron chi connectivity index (χ2n) is 6.49. The molecule has 0 aromatic heterocycles. The van der Waals surface area contributed by atoms with Crippen LogP contribution in [0.2, 0.25) is 0 Å². The average Bonchev–Trinajstić information content (AvgIpc) is 2.33. The van der Waals surface area contributed by atoms with E-state index < -0.39 is 0 Å². The molecular formula is C16H37N3. The Bertz CT molecular complexity index is 192. The summed E-state index contributed by atoms with van der Waals surface area (Å²) < 4.78 is 0. The van der Waals surface area contributed by atoms with Crippen LogP contribution in [-0.4, -0.2) is 56.6 Å². The fourth-order valence-corrected chi connectivity index (χ4v) is 2.54. The minimum absolute atomic E-state index is 0.758. The van der Waals surface area contributed by atoms with Gasteiger partial charge in [-0.15, -0.1) is 0 Å². The molecule has 0 aliphatic rings. The van der Waals surface area contributed by atoms with Crippen LogP contribution in [-0.2, 0) is 0 Å². The van der Waals surface area contributed by atoms with Gasteiger partial charge in [-0.25, -0.2) is 0 Å². The van der Waals surface area contributed by atoms with E-state index in [0.29, 0.717) is 0 Å². The first kappa shape index (κ1) is 18.9. The van der Waals surface area contributed by atoms with Crippen LogP contribution in [0.4, 0.5) is 0 Å². The molecule has 0 saturated heterocycles. The molecule has 1 unspecified atom stereocenters. The molecule has 0 rings (SSSR count). The third kappa shape index (κ3) is 11.4. The molecule has 19 heavy (non-hydrogen) atoms. The topological polar surface area (TPSA) is 32.5 Å². The molecule has 0 heterocycles. The van der Waals surface area contributed by atoms with Crippen molar-refractivity contribution in [2.24, 2.45) is 17.6 Å². The summed E-state index contributed by atoms with van der Waals surface area (Å²) in [6, 6.07) is 0. The van der Waals surface area contributed by atoms with Crippen LogP contribution in [0.1, 0.15) is 46.5 Å². The molecule has 3 heteroatoms. The zero-order chi connectivity index (χ0) is 14.7. The van der Waals surface area contributed by atoms with E-state index in [4.69, 9.17) is 5.73 Å². The van der Waals surface area contributed by atoms with Gasteiger partial charge in [-0.3, -0.25) is 0 Å². The first-order valence-electron chi connectivity index (χ1n) is 8.06. The Morgan fingerprint density at radius 1 is 1.00 bits per heavy atom. The predicted molar refractivity (Wildman–Crippen MR) is 86.5 cm³/mol. The van der Waals surface area contributed by atoms with Gasteiger partial charge in [-0.2, -0.15) is 0 Å². The smallest absolute Gasteiger partial charge is 0.0109 e. The molecule has 116 valence electrons. The van der Waals surface area contributed by atoms with Gasteiger partial charge in [0.2, 0.25) is 0 Å². The first-order chi connectivity index (χ1) is 8.99. The Labute approximate surface area is 121 Å². The zero-order valence-corrected chi connectivity index (χ0v) is 14.0. The van der Waals surface area contributed by atoms with Crippen molar-refractivity contribution in [1.29, 1.82) is 0 Å². The van der Waals surface area contributed by atoms with Crippen LogP contribution in [0.15, 0.2) is 0 Å². The summed E-state index contributed by atoms with van der Waals surface area (Å²) in [5, 5.41) is 0. The van der Waals surface area contributed by atoms with Crippen molar-refractivity contribution in [2.45, 2.75) is 46.5 Å². The number of nitrogens with zero attached hydrogens (tertiary/aromatic N) is 2. The van der Waals surface area contributed by atoms with Crippen molar-refractivity contribution >= 4 is 0 Å². The third-order valence-electron chi connectivity index (χ3n) is 3.73. The number of rotatable bonds is 12. The highest BCUT2D eigenvalue weighted by Crippen LogP contribution is 2.15. The van der Waals surface area contributed by atoms with E-state index in [-0.39, 0.29) is 0 Å². The maximum atomic E-state index is 5.67. The normalized spacial score (nSPS) is 13.7. The summed E-state index contributed by atoms with van der Waals surface area (Å²) in [6.45, 7) is 12.6. The second kappa shape index (κ2) is 11.7. The number of likely N-dealkylation sites (N-methyl/N-ethyl adjacent to an activating group) is 1. The van der Waals surface area contributed by atoms with Crippen molar-refractivity contribution in [3.8, 4) is 0 Å². The molecule has 0 fully saturated rings.